The number of carboxylic acid groups (broad SMARTS) is 1. The second-order valence-electron chi connectivity index (χ2n) is 4.95. The van der Waals surface area contributed by atoms with Crippen LogP contribution >= 0.6 is 22.6 Å². The molecule has 0 saturated heterocycles. The summed E-state index contributed by atoms with van der Waals surface area (Å²) in [7, 11) is 0. The van der Waals surface area contributed by atoms with Crippen molar-refractivity contribution < 1.29 is 14.6 Å². The molecule has 100 valence electrons. The summed E-state index contributed by atoms with van der Waals surface area (Å²) in [6.45, 7) is 4.15. The molecule has 0 unspecified atom stereocenters. The van der Waals surface area contributed by atoms with E-state index in [1.165, 1.54) is 0 Å². The monoisotopic (exact) mass is 362 g/mol. The molecule has 0 saturated carbocycles. The van der Waals surface area contributed by atoms with Crippen LogP contribution in [0.15, 0.2) is 24.3 Å². The molecular weight excluding hydrogens is 343 g/mol. The SMILES string of the molecule is CC(C)(CCCCOc1cccc(I)c1)C(=O)O. The molecule has 1 aromatic carbocycles. The first kappa shape index (κ1) is 15.3. The Balaban J connectivity index is 2.22. The Morgan fingerprint density at radius 2 is 2.11 bits per heavy atom. The van der Waals surface area contributed by atoms with Gasteiger partial charge in [-0.15, -0.1) is 0 Å². The molecule has 1 N–H and O–H groups in total. The Kier molecular flexibility index (Phi) is 5.91. The van der Waals surface area contributed by atoms with Crippen molar-refractivity contribution in [3.63, 3.8) is 0 Å². The summed E-state index contributed by atoms with van der Waals surface area (Å²) in [5, 5.41) is 8.97. The maximum absolute atomic E-state index is 10.9. The van der Waals surface area contributed by atoms with Crippen LogP contribution in [0.5, 0.6) is 5.75 Å². The summed E-state index contributed by atoms with van der Waals surface area (Å²) >= 11 is 2.25. The summed E-state index contributed by atoms with van der Waals surface area (Å²) in [6, 6.07) is 7.90. The normalized spacial score (nSPS) is 11.3. The zero-order valence-corrected chi connectivity index (χ0v) is 12.9. The van der Waals surface area contributed by atoms with Crippen LogP contribution in [0.3, 0.4) is 0 Å². The van der Waals surface area contributed by atoms with Crippen LogP contribution in [0.2, 0.25) is 0 Å². The molecule has 1 rings (SSSR count). The third-order valence-electron chi connectivity index (χ3n) is 2.84. The van der Waals surface area contributed by atoms with E-state index in [1.54, 1.807) is 13.8 Å². The summed E-state index contributed by atoms with van der Waals surface area (Å²) in [5.74, 6) is 0.139. The van der Waals surface area contributed by atoms with Gasteiger partial charge in [0.15, 0.2) is 0 Å². The highest BCUT2D eigenvalue weighted by Crippen LogP contribution is 2.23. The summed E-state index contributed by atoms with van der Waals surface area (Å²) < 4.78 is 6.76. The second-order valence-corrected chi connectivity index (χ2v) is 6.20. The van der Waals surface area contributed by atoms with Crippen LogP contribution < -0.4 is 4.74 Å². The lowest BCUT2D eigenvalue weighted by molar-refractivity contribution is -0.147. The van der Waals surface area contributed by atoms with Gasteiger partial charge in [-0.3, -0.25) is 4.79 Å². The largest absolute Gasteiger partial charge is 0.494 e. The molecule has 0 spiro atoms. The highest BCUT2D eigenvalue weighted by atomic mass is 127. The van der Waals surface area contributed by atoms with Crippen LogP contribution in [-0.4, -0.2) is 17.7 Å². The van der Waals surface area contributed by atoms with Gasteiger partial charge in [0, 0.05) is 3.57 Å². The Morgan fingerprint density at radius 1 is 1.39 bits per heavy atom. The molecule has 0 atom stereocenters. The predicted octanol–water partition coefficient (Wildman–Crippen LogP) is 3.95. The molecule has 0 fully saturated rings. The van der Waals surface area contributed by atoms with Crippen LogP contribution in [0, 0.1) is 8.99 Å². The molecule has 0 aliphatic heterocycles. The molecule has 0 radical (unpaired) electrons. The minimum Gasteiger partial charge on any atom is -0.494 e. The van der Waals surface area contributed by atoms with E-state index in [1.807, 2.05) is 24.3 Å². The molecule has 18 heavy (non-hydrogen) atoms. The number of carboxylic acids is 1. The van der Waals surface area contributed by atoms with Gasteiger partial charge in [0.05, 0.1) is 12.0 Å². The molecular formula is C14H19IO3. The highest BCUT2D eigenvalue weighted by Gasteiger charge is 2.25. The molecule has 0 amide bonds. The van der Waals surface area contributed by atoms with E-state index in [-0.39, 0.29) is 0 Å². The topological polar surface area (TPSA) is 46.5 Å². The van der Waals surface area contributed by atoms with Crippen molar-refractivity contribution in [3.8, 4) is 5.75 Å². The fourth-order valence-electron chi connectivity index (χ4n) is 1.52. The van der Waals surface area contributed by atoms with E-state index in [0.717, 1.165) is 22.2 Å². The van der Waals surface area contributed by atoms with Crippen LogP contribution in [-0.2, 0) is 4.79 Å². The summed E-state index contributed by atoms with van der Waals surface area (Å²) in [5.41, 5.74) is -0.637. The molecule has 0 heterocycles. The first-order valence-electron chi connectivity index (χ1n) is 6.03. The average molecular weight is 362 g/mol. The number of hydrogen-bond acceptors (Lipinski definition) is 2. The number of aliphatic carboxylic acids is 1. The van der Waals surface area contributed by atoms with Crippen molar-refractivity contribution in [3.05, 3.63) is 27.8 Å². The minimum atomic E-state index is -0.735. The van der Waals surface area contributed by atoms with Gasteiger partial charge >= 0.3 is 5.97 Å². The van der Waals surface area contributed by atoms with Gasteiger partial charge in [0.2, 0.25) is 0 Å². The smallest absolute Gasteiger partial charge is 0.309 e. The van der Waals surface area contributed by atoms with Gasteiger partial charge in [-0.1, -0.05) is 6.07 Å². The lowest BCUT2D eigenvalue weighted by atomic mass is 9.87. The quantitative estimate of drug-likeness (QED) is 0.590. The number of halogens is 1. The third-order valence-corrected chi connectivity index (χ3v) is 3.51. The standard InChI is InChI=1S/C14H19IO3/c1-14(2,13(16)17)8-3-4-9-18-12-7-5-6-11(15)10-12/h5-7,10H,3-4,8-9H2,1-2H3,(H,16,17). The van der Waals surface area contributed by atoms with E-state index in [4.69, 9.17) is 9.84 Å². The number of rotatable bonds is 7. The van der Waals surface area contributed by atoms with E-state index < -0.39 is 11.4 Å². The van der Waals surface area contributed by atoms with E-state index in [2.05, 4.69) is 22.6 Å². The number of benzene rings is 1. The number of ether oxygens (including phenoxy) is 1. The maximum atomic E-state index is 10.9. The first-order chi connectivity index (χ1) is 8.42. The lowest BCUT2D eigenvalue weighted by Gasteiger charge is -2.18. The predicted molar refractivity (Wildman–Crippen MR) is 79.9 cm³/mol. The minimum absolute atomic E-state index is 0.635. The summed E-state index contributed by atoms with van der Waals surface area (Å²) in [4.78, 5) is 10.9. The Morgan fingerprint density at radius 3 is 2.72 bits per heavy atom. The van der Waals surface area contributed by atoms with Crippen LogP contribution in [0.1, 0.15) is 33.1 Å². The van der Waals surface area contributed by atoms with Crippen LogP contribution in [0.4, 0.5) is 0 Å². The fraction of sp³-hybridized carbons (Fsp3) is 0.500. The van der Waals surface area contributed by atoms with E-state index >= 15 is 0 Å². The Hall–Kier alpha value is -0.780. The molecule has 4 heteroatoms. The van der Waals surface area contributed by atoms with Crippen molar-refractivity contribution in [1.82, 2.24) is 0 Å². The highest BCUT2D eigenvalue weighted by molar-refractivity contribution is 14.1. The number of unbranched alkanes of at least 4 members (excludes halogenated alkanes) is 1. The molecule has 3 nitrogen and oxygen atoms in total. The second kappa shape index (κ2) is 6.97. The fourth-order valence-corrected chi connectivity index (χ4v) is 2.04. The van der Waals surface area contributed by atoms with Gasteiger partial charge in [-0.25, -0.2) is 0 Å². The number of hydrogen-bond donors (Lipinski definition) is 1. The zero-order valence-electron chi connectivity index (χ0n) is 10.8. The van der Waals surface area contributed by atoms with Crippen molar-refractivity contribution in [2.75, 3.05) is 6.61 Å². The van der Waals surface area contributed by atoms with Crippen molar-refractivity contribution >= 4 is 28.6 Å². The van der Waals surface area contributed by atoms with E-state index in [0.29, 0.717) is 13.0 Å². The molecule has 0 aliphatic rings. The zero-order chi connectivity index (χ0) is 13.6. The van der Waals surface area contributed by atoms with Crippen molar-refractivity contribution in [2.24, 2.45) is 5.41 Å². The third kappa shape index (κ3) is 5.25. The van der Waals surface area contributed by atoms with Gasteiger partial charge in [-0.2, -0.15) is 0 Å². The number of carbonyl (C=O) groups is 1. The van der Waals surface area contributed by atoms with Crippen LogP contribution in [0.25, 0.3) is 0 Å². The molecule has 0 bridgehead atoms. The maximum Gasteiger partial charge on any atom is 0.309 e. The Labute approximate surface area is 122 Å². The van der Waals surface area contributed by atoms with Gasteiger partial charge in [-0.05, 0) is 73.9 Å². The molecule has 0 aliphatic carbocycles. The van der Waals surface area contributed by atoms with Crippen molar-refractivity contribution in [1.29, 1.82) is 0 Å². The molecule has 0 aromatic heterocycles. The van der Waals surface area contributed by atoms with Gasteiger partial charge in [0.1, 0.15) is 5.75 Å². The average Bonchev–Trinajstić information content (AvgIpc) is 2.28. The Bertz CT molecular complexity index is 402. The molecule has 1 aromatic rings. The van der Waals surface area contributed by atoms with Gasteiger partial charge in [0.25, 0.3) is 0 Å². The summed E-state index contributed by atoms with van der Waals surface area (Å²) in [6.07, 6.45) is 2.42. The lowest BCUT2D eigenvalue weighted by Crippen LogP contribution is -2.23. The van der Waals surface area contributed by atoms with Gasteiger partial charge < -0.3 is 9.84 Å². The van der Waals surface area contributed by atoms with Crippen molar-refractivity contribution in [2.45, 2.75) is 33.1 Å². The first-order valence-corrected chi connectivity index (χ1v) is 7.11. The van der Waals surface area contributed by atoms with E-state index in [9.17, 15) is 4.79 Å².